The lowest BCUT2D eigenvalue weighted by atomic mass is 9.65. The first-order chi connectivity index (χ1) is 25.2. The zero-order valence-electron chi connectivity index (χ0n) is 32.5. The predicted molar refractivity (Wildman–Crippen MR) is 216 cm³/mol. The van der Waals surface area contributed by atoms with Crippen molar-refractivity contribution in [3.63, 3.8) is 0 Å². The Hall–Kier alpha value is -3.92. The summed E-state index contributed by atoms with van der Waals surface area (Å²) in [6.07, 6.45) is 9.89. The van der Waals surface area contributed by atoms with Crippen molar-refractivity contribution in [3.05, 3.63) is 119 Å². The number of fused-ring (bicyclic) bond motifs is 1. The van der Waals surface area contributed by atoms with Crippen molar-refractivity contribution in [2.75, 3.05) is 0 Å². The van der Waals surface area contributed by atoms with Crippen LogP contribution in [-0.4, -0.2) is 20.1 Å². The van der Waals surface area contributed by atoms with Gasteiger partial charge in [0.05, 0.1) is 0 Å². The Morgan fingerprint density at radius 3 is 1.56 bits per heavy atom. The summed E-state index contributed by atoms with van der Waals surface area (Å²) >= 11 is 0. The first kappa shape index (κ1) is 36.4. The van der Waals surface area contributed by atoms with E-state index in [0.29, 0.717) is 41.0 Å². The lowest BCUT2D eigenvalue weighted by Crippen LogP contribution is -2.29. The molecule has 5 aromatic rings. The Morgan fingerprint density at radius 1 is 0.596 bits per heavy atom. The molecule has 4 heteroatoms. The van der Waals surface area contributed by atoms with E-state index >= 15 is 0 Å². The largest absolute Gasteiger partial charge is 0.505 e. The van der Waals surface area contributed by atoms with Gasteiger partial charge in [-0.15, -0.1) is 15.0 Å². The fraction of sp³-hybridized carbons (Fsp3) is 0.500. The molecule has 52 heavy (non-hydrogen) atoms. The lowest BCUT2D eigenvalue weighted by Gasteiger charge is -2.40. The molecule has 274 valence electrons. The van der Waals surface area contributed by atoms with Gasteiger partial charge in [-0.1, -0.05) is 133 Å². The Morgan fingerprint density at radius 2 is 1.06 bits per heavy atom. The lowest BCUT2D eigenvalue weighted by molar-refractivity contribution is 0.132. The van der Waals surface area contributed by atoms with Crippen LogP contribution in [0.5, 0.6) is 5.75 Å². The molecule has 1 heterocycles. The third-order valence-electron chi connectivity index (χ3n) is 13.2. The van der Waals surface area contributed by atoms with Crippen molar-refractivity contribution in [3.8, 4) is 11.4 Å². The maximum Gasteiger partial charge on any atom is 0.146 e. The van der Waals surface area contributed by atoms with Crippen LogP contribution in [0.4, 0.5) is 0 Å². The highest BCUT2D eigenvalue weighted by atomic mass is 16.3. The minimum Gasteiger partial charge on any atom is -0.505 e. The molecule has 0 spiro atoms. The van der Waals surface area contributed by atoms with Gasteiger partial charge in [-0.3, -0.25) is 0 Å². The third kappa shape index (κ3) is 7.87. The van der Waals surface area contributed by atoms with E-state index in [4.69, 9.17) is 10.2 Å². The highest BCUT2D eigenvalue weighted by molar-refractivity contribution is 5.74. The van der Waals surface area contributed by atoms with Crippen LogP contribution in [0.15, 0.2) is 97.1 Å². The molecule has 8 unspecified atom stereocenters. The van der Waals surface area contributed by atoms with E-state index in [0.717, 1.165) is 47.2 Å². The summed E-state index contributed by atoms with van der Waals surface area (Å²) in [5.74, 6) is 5.95. The van der Waals surface area contributed by atoms with E-state index in [1.165, 1.54) is 55.2 Å². The SMILES string of the molecule is CC1CCC(C(C)C)C(CC(c2ccccc2)c2cc(C(CC3CC(C)CCC3C(C)C)c3ccccc3)c(O)c(-n3nc4ccccc4n3)c2)C1. The Bertz CT molecular complexity index is 1860. The predicted octanol–water partition coefficient (Wildman–Crippen LogP) is 12.6. The summed E-state index contributed by atoms with van der Waals surface area (Å²) in [4.78, 5) is 1.70. The van der Waals surface area contributed by atoms with E-state index in [1.807, 2.05) is 24.3 Å². The van der Waals surface area contributed by atoms with Crippen molar-refractivity contribution < 1.29 is 5.11 Å². The van der Waals surface area contributed by atoms with Crippen LogP contribution >= 0.6 is 0 Å². The standard InChI is InChI=1S/C48H61N3O/c1-31(2)40-23-21-33(5)25-37(40)27-42(35-15-9-7-10-16-35)39-29-44(48(52)47(30-39)51-49-45-19-13-14-20-46(45)50-51)43(36-17-11-8-12-18-36)28-38-26-34(6)22-24-41(38)32(3)4/h7-20,29-34,37-38,40-43,52H,21-28H2,1-6H3. The topological polar surface area (TPSA) is 50.9 Å². The first-order valence-corrected chi connectivity index (χ1v) is 20.4. The third-order valence-corrected chi connectivity index (χ3v) is 13.2. The van der Waals surface area contributed by atoms with Crippen LogP contribution in [0.3, 0.4) is 0 Å². The number of nitrogens with zero attached hydrogens (tertiary/aromatic N) is 3. The van der Waals surface area contributed by atoms with Gasteiger partial charge in [-0.25, -0.2) is 0 Å². The molecule has 4 aromatic carbocycles. The van der Waals surface area contributed by atoms with Crippen LogP contribution in [-0.2, 0) is 0 Å². The smallest absolute Gasteiger partial charge is 0.146 e. The molecule has 2 aliphatic rings. The molecule has 0 aliphatic heterocycles. The summed E-state index contributed by atoms with van der Waals surface area (Å²) in [5, 5.41) is 22.5. The molecular formula is C48H61N3O. The number of hydrogen-bond donors (Lipinski definition) is 1. The van der Waals surface area contributed by atoms with Gasteiger partial charge >= 0.3 is 0 Å². The van der Waals surface area contributed by atoms with Crippen molar-refractivity contribution in [2.45, 2.75) is 105 Å². The van der Waals surface area contributed by atoms with E-state index < -0.39 is 0 Å². The Labute approximate surface area is 313 Å². The maximum absolute atomic E-state index is 12.6. The highest BCUT2D eigenvalue weighted by Crippen LogP contribution is 2.49. The molecule has 1 aromatic heterocycles. The Kier molecular flexibility index (Phi) is 11.2. The summed E-state index contributed by atoms with van der Waals surface area (Å²) in [6, 6.07) is 34.8. The number of rotatable bonds is 11. The number of hydrogen-bond acceptors (Lipinski definition) is 3. The summed E-state index contributed by atoms with van der Waals surface area (Å²) < 4.78 is 0. The van der Waals surface area contributed by atoms with Crippen LogP contribution < -0.4 is 0 Å². The normalized spacial score (nSPS) is 25.1. The van der Waals surface area contributed by atoms with E-state index in [1.54, 1.807) is 4.80 Å². The molecule has 8 atom stereocenters. The van der Waals surface area contributed by atoms with Crippen LogP contribution in [0.25, 0.3) is 16.7 Å². The summed E-state index contributed by atoms with van der Waals surface area (Å²) in [5.41, 5.74) is 7.24. The molecule has 7 rings (SSSR count). The second-order valence-electron chi connectivity index (χ2n) is 17.5. The number of benzene rings is 4. The number of phenolic OH excluding ortho intramolecular Hbond substituents is 1. The number of aromatic nitrogens is 3. The summed E-state index contributed by atoms with van der Waals surface area (Å²) in [7, 11) is 0. The molecule has 2 aliphatic carbocycles. The maximum atomic E-state index is 12.6. The minimum atomic E-state index is 0.0518. The van der Waals surface area contributed by atoms with Crippen LogP contribution in [0.2, 0.25) is 0 Å². The second kappa shape index (κ2) is 16.0. The molecule has 1 N–H and O–H groups in total. The number of phenols is 1. The molecule has 2 fully saturated rings. The van der Waals surface area contributed by atoms with Gasteiger partial charge in [-0.2, -0.15) is 0 Å². The van der Waals surface area contributed by atoms with Gasteiger partial charge in [0.25, 0.3) is 0 Å². The average molecular weight is 696 g/mol. The zero-order chi connectivity index (χ0) is 36.4. The van der Waals surface area contributed by atoms with Crippen LogP contribution in [0.1, 0.15) is 127 Å². The monoisotopic (exact) mass is 695 g/mol. The van der Waals surface area contributed by atoms with Gasteiger partial charge in [0, 0.05) is 17.4 Å². The fourth-order valence-corrected chi connectivity index (χ4v) is 10.5. The fourth-order valence-electron chi connectivity index (χ4n) is 10.5. The van der Waals surface area contributed by atoms with E-state index in [2.05, 4.69) is 114 Å². The molecule has 0 radical (unpaired) electrons. The van der Waals surface area contributed by atoms with Gasteiger partial charge in [0.2, 0.25) is 0 Å². The van der Waals surface area contributed by atoms with Gasteiger partial charge < -0.3 is 5.11 Å². The second-order valence-corrected chi connectivity index (χ2v) is 17.5. The molecule has 2 saturated carbocycles. The Balaban J connectivity index is 1.42. The van der Waals surface area contributed by atoms with Crippen molar-refractivity contribution in [1.82, 2.24) is 15.0 Å². The zero-order valence-corrected chi connectivity index (χ0v) is 32.5. The molecule has 0 saturated heterocycles. The van der Waals surface area contributed by atoms with Gasteiger partial charge in [0.1, 0.15) is 22.5 Å². The molecular weight excluding hydrogens is 635 g/mol. The average Bonchev–Trinajstić information content (AvgIpc) is 3.58. The number of aromatic hydroxyl groups is 1. The minimum absolute atomic E-state index is 0.0518. The highest BCUT2D eigenvalue weighted by Gasteiger charge is 2.36. The van der Waals surface area contributed by atoms with E-state index in [-0.39, 0.29) is 11.8 Å². The van der Waals surface area contributed by atoms with Crippen molar-refractivity contribution in [1.29, 1.82) is 0 Å². The summed E-state index contributed by atoms with van der Waals surface area (Å²) in [6.45, 7) is 14.6. The quantitative estimate of drug-likeness (QED) is 0.150. The molecule has 0 amide bonds. The van der Waals surface area contributed by atoms with E-state index in [9.17, 15) is 5.11 Å². The first-order valence-electron chi connectivity index (χ1n) is 20.4. The van der Waals surface area contributed by atoms with Gasteiger partial charge in [0.15, 0.2) is 0 Å². The molecule has 0 bridgehead atoms. The molecule has 4 nitrogen and oxygen atoms in total. The van der Waals surface area contributed by atoms with Gasteiger partial charge in [-0.05, 0) is 121 Å². The van der Waals surface area contributed by atoms with Crippen molar-refractivity contribution >= 4 is 11.0 Å². The van der Waals surface area contributed by atoms with Crippen LogP contribution in [0, 0.1) is 47.3 Å². The van der Waals surface area contributed by atoms with Crippen molar-refractivity contribution in [2.24, 2.45) is 47.3 Å².